The maximum absolute atomic E-state index is 12.0. The predicted octanol–water partition coefficient (Wildman–Crippen LogP) is 3.13. The van der Waals surface area contributed by atoms with Crippen molar-refractivity contribution >= 4 is 17.8 Å². The molecule has 0 spiro atoms. The van der Waals surface area contributed by atoms with Crippen LogP contribution in [0.15, 0.2) is 42.5 Å². The highest BCUT2D eigenvalue weighted by atomic mass is 16.7. The first-order valence-corrected chi connectivity index (χ1v) is 9.80. The molecule has 0 aliphatic rings. The van der Waals surface area contributed by atoms with E-state index in [0.717, 1.165) is 30.9 Å². The summed E-state index contributed by atoms with van der Waals surface area (Å²) in [4.78, 5) is 39.0. The van der Waals surface area contributed by atoms with Crippen LogP contribution in [0.2, 0.25) is 0 Å². The SMILES string of the molecule is COc1cc(CNC(=O)CCCC/C=C/C(C)C)ccc1ONC(=O)/C=C/C(=O)O. The van der Waals surface area contributed by atoms with Crippen molar-refractivity contribution in [1.29, 1.82) is 0 Å². The summed E-state index contributed by atoms with van der Waals surface area (Å²) in [7, 11) is 1.45. The van der Waals surface area contributed by atoms with Gasteiger partial charge in [0.1, 0.15) is 0 Å². The Hall–Kier alpha value is -3.29. The second-order valence-corrected chi connectivity index (χ2v) is 6.92. The summed E-state index contributed by atoms with van der Waals surface area (Å²) >= 11 is 0. The molecule has 0 aliphatic heterocycles. The van der Waals surface area contributed by atoms with E-state index in [9.17, 15) is 14.4 Å². The van der Waals surface area contributed by atoms with Gasteiger partial charge in [0.05, 0.1) is 7.11 Å². The fourth-order valence-corrected chi connectivity index (χ4v) is 2.40. The van der Waals surface area contributed by atoms with Crippen LogP contribution in [0.1, 0.15) is 45.1 Å². The number of aliphatic carboxylic acids is 1. The fraction of sp³-hybridized carbons (Fsp3) is 0.409. The van der Waals surface area contributed by atoms with Crippen molar-refractivity contribution in [3.8, 4) is 11.5 Å². The summed E-state index contributed by atoms with van der Waals surface area (Å²) in [5.41, 5.74) is 2.91. The van der Waals surface area contributed by atoms with Gasteiger partial charge in [0, 0.05) is 25.1 Å². The third-order valence-electron chi connectivity index (χ3n) is 3.90. The van der Waals surface area contributed by atoms with Crippen molar-refractivity contribution in [2.75, 3.05) is 7.11 Å². The van der Waals surface area contributed by atoms with Crippen LogP contribution in [0.25, 0.3) is 0 Å². The van der Waals surface area contributed by atoms with Crippen molar-refractivity contribution in [3.63, 3.8) is 0 Å². The third kappa shape index (κ3) is 10.9. The molecule has 164 valence electrons. The average Bonchev–Trinajstić information content (AvgIpc) is 2.71. The number of hydrogen-bond donors (Lipinski definition) is 3. The molecule has 0 aromatic heterocycles. The van der Waals surface area contributed by atoms with Crippen LogP contribution in [-0.2, 0) is 20.9 Å². The molecule has 30 heavy (non-hydrogen) atoms. The third-order valence-corrected chi connectivity index (χ3v) is 3.90. The Balaban J connectivity index is 2.44. The van der Waals surface area contributed by atoms with E-state index in [0.29, 0.717) is 30.7 Å². The zero-order valence-corrected chi connectivity index (χ0v) is 17.6. The lowest BCUT2D eigenvalue weighted by atomic mass is 10.1. The number of amides is 2. The zero-order valence-electron chi connectivity index (χ0n) is 17.6. The summed E-state index contributed by atoms with van der Waals surface area (Å²) < 4.78 is 5.23. The first kappa shape index (κ1) is 24.7. The monoisotopic (exact) mass is 418 g/mol. The number of carboxylic acid groups (broad SMARTS) is 1. The fourth-order valence-electron chi connectivity index (χ4n) is 2.40. The smallest absolute Gasteiger partial charge is 0.328 e. The van der Waals surface area contributed by atoms with Crippen LogP contribution in [0.3, 0.4) is 0 Å². The molecule has 0 heterocycles. The number of carbonyl (C=O) groups excluding carboxylic acids is 2. The Morgan fingerprint density at radius 1 is 1.13 bits per heavy atom. The summed E-state index contributed by atoms with van der Waals surface area (Å²) in [6.45, 7) is 4.61. The standard InChI is InChI=1S/C22H30N2O6/c1-16(2)8-6-4-5-7-9-20(25)23-15-17-10-11-18(19(14-17)29-3)30-24-21(26)12-13-22(27)28/h6,8,10-14,16H,4-5,7,9,15H2,1-3H3,(H,23,25)(H,24,26)(H,27,28)/b8-6+,13-12+. The van der Waals surface area contributed by atoms with Crippen LogP contribution in [0.5, 0.6) is 11.5 Å². The second kappa shape index (κ2) is 13.8. The van der Waals surface area contributed by atoms with E-state index in [2.05, 4.69) is 36.8 Å². The van der Waals surface area contributed by atoms with Crippen molar-refractivity contribution in [1.82, 2.24) is 10.8 Å². The van der Waals surface area contributed by atoms with Gasteiger partial charge in [0.2, 0.25) is 5.91 Å². The van der Waals surface area contributed by atoms with Gasteiger partial charge in [0.25, 0.3) is 5.91 Å². The molecule has 0 radical (unpaired) electrons. The Bertz CT molecular complexity index is 771. The van der Waals surface area contributed by atoms with Crippen molar-refractivity contribution in [3.05, 3.63) is 48.1 Å². The molecule has 0 saturated heterocycles. The number of ether oxygens (including phenoxy) is 1. The molecule has 3 N–H and O–H groups in total. The van der Waals surface area contributed by atoms with Crippen molar-refractivity contribution in [2.24, 2.45) is 5.92 Å². The van der Waals surface area contributed by atoms with E-state index in [1.54, 1.807) is 18.2 Å². The number of rotatable bonds is 13. The molecule has 0 fully saturated rings. The lowest BCUT2D eigenvalue weighted by molar-refractivity contribution is -0.132. The minimum absolute atomic E-state index is 0.0142. The number of hydroxylamine groups is 1. The van der Waals surface area contributed by atoms with E-state index in [4.69, 9.17) is 14.7 Å². The molecule has 0 atom stereocenters. The number of allylic oxidation sites excluding steroid dienone is 2. The summed E-state index contributed by atoms with van der Waals surface area (Å²) in [5.74, 6) is -0.820. The van der Waals surface area contributed by atoms with Gasteiger partial charge in [0.15, 0.2) is 11.5 Å². The van der Waals surface area contributed by atoms with E-state index in [1.165, 1.54) is 7.11 Å². The molecule has 8 heteroatoms. The summed E-state index contributed by atoms with van der Waals surface area (Å²) in [5, 5.41) is 11.4. The number of hydrogen-bond acceptors (Lipinski definition) is 5. The molecule has 0 unspecified atom stereocenters. The van der Waals surface area contributed by atoms with Gasteiger partial charge >= 0.3 is 5.97 Å². The Morgan fingerprint density at radius 2 is 1.90 bits per heavy atom. The molecule has 1 aromatic carbocycles. The van der Waals surface area contributed by atoms with Gasteiger partial charge in [-0.3, -0.25) is 9.59 Å². The van der Waals surface area contributed by atoms with Gasteiger partial charge in [-0.15, -0.1) is 0 Å². The van der Waals surface area contributed by atoms with Crippen LogP contribution in [0, 0.1) is 5.92 Å². The maximum Gasteiger partial charge on any atom is 0.328 e. The number of carboxylic acids is 1. The molecular weight excluding hydrogens is 388 g/mol. The molecule has 1 aromatic rings. The number of unbranched alkanes of at least 4 members (excludes halogenated alkanes) is 2. The molecule has 0 aliphatic carbocycles. The summed E-state index contributed by atoms with van der Waals surface area (Å²) in [6, 6.07) is 5.00. The molecule has 1 rings (SSSR count). The van der Waals surface area contributed by atoms with E-state index in [-0.39, 0.29) is 11.7 Å². The topological polar surface area (TPSA) is 114 Å². The van der Waals surface area contributed by atoms with Gasteiger partial charge in [-0.25, -0.2) is 4.79 Å². The molecule has 2 amide bonds. The summed E-state index contributed by atoms with van der Waals surface area (Å²) in [6.07, 6.45) is 9.12. The molecular formula is C22H30N2O6. The quantitative estimate of drug-likeness (QED) is 0.196. The number of nitrogens with one attached hydrogen (secondary N) is 2. The van der Waals surface area contributed by atoms with Gasteiger partial charge < -0.3 is 20.0 Å². The molecule has 0 saturated carbocycles. The first-order valence-electron chi connectivity index (χ1n) is 9.80. The van der Waals surface area contributed by atoms with Gasteiger partial charge in [-0.1, -0.05) is 32.1 Å². The van der Waals surface area contributed by atoms with Crippen LogP contribution in [0.4, 0.5) is 0 Å². The largest absolute Gasteiger partial charge is 0.493 e. The Kier molecular flexibility index (Phi) is 11.4. The minimum Gasteiger partial charge on any atom is -0.493 e. The highest BCUT2D eigenvalue weighted by Gasteiger charge is 2.09. The van der Waals surface area contributed by atoms with Crippen LogP contribution in [-0.4, -0.2) is 30.0 Å². The van der Waals surface area contributed by atoms with Crippen molar-refractivity contribution < 1.29 is 29.1 Å². The van der Waals surface area contributed by atoms with Crippen molar-refractivity contribution in [2.45, 2.75) is 46.1 Å². The minimum atomic E-state index is -1.24. The van der Waals surface area contributed by atoms with Crippen LogP contribution < -0.4 is 20.4 Å². The number of carbonyl (C=O) groups is 3. The maximum atomic E-state index is 12.0. The second-order valence-electron chi connectivity index (χ2n) is 6.92. The Labute approximate surface area is 176 Å². The number of methoxy groups -OCH3 is 1. The van der Waals surface area contributed by atoms with Crippen LogP contribution >= 0.6 is 0 Å². The molecule has 8 nitrogen and oxygen atoms in total. The highest BCUT2D eigenvalue weighted by molar-refractivity contribution is 5.93. The predicted molar refractivity (Wildman–Crippen MR) is 113 cm³/mol. The zero-order chi connectivity index (χ0) is 22.4. The highest BCUT2D eigenvalue weighted by Crippen LogP contribution is 2.27. The van der Waals surface area contributed by atoms with E-state index in [1.807, 2.05) is 0 Å². The number of benzene rings is 1. The average molecular weight is 418 g/mol. The Morgan fingerprint density at radius 3 is 2.57 bits per heavy atom. The first-order chi connectivity index (χ1) is 14.3. The van der Waals surface area contributed by atoms with Gasteiger partial charge in [-0.2, -0.15) is 5.48 Å². The van der Waals surface area contributed by atoms with Gasteiger partial charge in [-0.05, 0) is 42.9 Å². The lowest BCUT2D eigenvalue weighted by Crippen LogP contribution is -2.25. The van der Waals surface area contributed by atoms with E-state index < -0.39 is 11.9 Å². The molecule has 0 bridgehead atoms. The normalized spacial score (nSPS) is 11.1. The lowest BCUT2D eigenvalue weighted by Gasteiger charge is -2.12. The van der Waals surface area contributed by atoms with E-state index >= 15 is 0 Å².